The van der Waals surface area contributed by atoms with Gasteiger partial charge in [0, 0.05) is 0 Å². The molecule has 0 aliphatic heterocycles. The Morgan fingerprint density at radius 3 is 2.23 bits per heavy atom. The van der Waals surface area contributed by atoms with Gasteiger partial charge in [-0.3, -0.25) is 0 Å². The molecule has 2 N–H and O–H groups in total. The first kappa shape index (κ1) is 16.2. The fraction of sp³-hybridized carbons (Fsp3) is 0.273. The number of benzene rings is 1. The van der Waals surface area contributed by atoms with Crippen molar-refractivity contribution in [1.82, 2.24) is 14.8 Å². The fourth-order valence-corrected chi connectivity index (χ4v) is 2.63. The van der Waals surface area contributed by atoms with Gasteiger partial charge < -0.3 is 5.73 Å². The summed E-state index contributed by atoms with van der Waals surface area (Å²) in [6.07, 6.45) is -4.81. The maximum absolute atomic E-state index is 13.2. The first-order valence-electron chi connectivity index (χ1n) is 5.77. The van der Waals surface area contributed by atoms with Gasteiger partial charge in [-0.05, 0) is 31.0 Å². The molecule has 0 atom stereocenters. The molecule has 1 aromatic heterocycles. The van der Waals surface area contributed by atoms with Gasteiger partial charge in [-0.1, -0.05) is 6.07 Å². The van der Waals surface area contributed by atoms with E-state index in [1.54, 1.807) is 0 Å². The maximum Gasteiger partial charge on any atom is 0.453 e. The number of aromatic nitrogens is 3. The van der Waals surface area contributed by atoms with Crippen LogP contribution in [0, 0.1) is 13.8 Å². The zero-order valence-electron chi connectivity index (χ0n) is 11.3. The van der Waals surface area contributed by atoms with Crippen LogP contribution in [0.3, 0.4) is 0 Å². The predicted molar refractivity (Wildman–Crippen MR) is 68.5 cm³/mol. The highest BCUT2D eigenvalue weighted by Gasteiger charge is 2.37. The lowest BCUT2D eigenvalue weighted by atomic mass is 10.1. The number of halogens is 4. The van der Waals surface area contributed by atoms with E-state index < -0.39 is 33.1 Å². The van der Waals surface area contributed by atoms with E-state index in [9.17, 15) is 25.5 Å². The van der Waals surface area contributed by atoms with Crippen LogP contribution in [0.4, 0.5) is 23.0 Å². The van der Waals surface area contributed by atoms with Crippen molar-refractivity contribution in [3.8, 4) is 5.69 Å². The first-order chi connectivity index (χ1) is 9.91. The van der Waals surface area contributed by atoms with E-state index in [2.05, 4.69) is 10.1 Å². The molecule has 0 radical (unpaired) electrons. The summed E-state index contributed by atoms with van der Waals surface area (Å²) >= 11 is 0. The van der Waals surface area contributed by atoms with Crippen LogP contribution < -0.4 is 5.73 Å². The molecule has 0 unspecified atom stereocenters. The van der Waals surface area contributed by atoms with E-state index in [0.29, 0.717) is 10.2 Å². The Bertz CT molecular complexity index is 843. The van der Waals surface area contributed by atoms with Crippen molar-refractivity contribution in [2.24, 2.45) is 0 Å². The van der Waals surface area contributed by atoms with Crippen molar-refractivity contribution >= 4 is 16.2 Å². The van der Waals surface area contributed by atoms with E-state index >= 15 is 0 Å². The van der Waals surface area contributed by atoms with Crippen molar-refractivity contribution < 1.29 is 25.5 Å². The molecular weight excluding hydrogens is 328 g/mol. The van der Waals surface area contributed by atoms with E-state index in [0.717, 1.165) is 6.07 Å². The van der Waals surface area contributed by atoms with E-state index in [4.69, 9.17) is 5.73 Å². The minimum absolute atomic E-state index is 0.109. The molecule has 0 aliphatic carbocycles. The van der Waals surface area contributed by atoms with Crippen molar-refractivity contribution in [1.29, 1.82) is 0 Å². The Kier molecular flexibility index (Phi) is 3.63. The van der Waals surface area contributed by atoms with Gasteiger partial charge in [-0.2, -0.15) is 31.3 Å². The van der Waals surface area contributed by atoms with Crippen LogP contribution >= 0.6 is 0 Å². The van der Waals surface area contributed by atoms with Gasteiger partial charge >= 0.3 is 16.4 Å². The number of alkyl halides is 3. The van der Waals surface area contributed by atoms with Crippen LogP contribution in [-0.2, 0) is 16.4 Å². The molecular formula is C11H10F4N4O2S. The molecule has 0 spiro atoms. The van der Waals surface area contributed by atoms with Gasteiger partial charge in [0.2, 0.25) is 5.95 Å². The molecule has 0 saturated heterocycles. The Balaban J connectivity index is 2.71. The minimum Gasteiger partial charge on any atom is -0.368 e. The van der Waals surface area contributed by atoms with Gasteiger partial charge in [0.25, 0.3) is 5.82 Å². The van der Waals surface area contributed by atoms with Gasteiger partial charge in [0.05, 0.1) is 5.69 Å². The fourth-order valence-electron chi connectivity index (χ4n) is 1.93. The predicted octanol–water partition coefficient (Wildman–Crippen LogP) is 2.14. The largest absolute Gasteiger partial charge is 0.453 e. The minimum atomic E-state index is -5.04. The Hall–Kier alpha value is -2.17. The second kappa shape index (κ2) is 4.93. The summed E-state index contributed by atoms with van der Waals surface area (Å²) in [4.78, 5) is 2.41. The summed E-state index contributed by atoms with van der Waals surface area (Å²) in [6.45, 7) is 2.85. The highest BCUT2D eigenvalue weighted by molar-refractivity contribution is 7.86. The summed E-state index contributed by atoms with van der Waals surface area (Å²) < 4.78 is 73.7. The maximum atomic E-state index is 13.2. The summed E-state index contributed by atoms with van der Waals surface area (Å²) in [7, 11) is -5.04. The van der Waals surface area contributed by atoms with Gasteiger partial charge in [0.1, 0.15) is 4.90 Å². The van der Waals surface area contributed by atoms with Crippen molar-refractivity contribution in [3.63, 3.8) is 0 Å². The third-order valence-electron chi connectivity index (χ3n) is 2.87. The smallest absolute Gasteiger partial charge is 0.368 e. The third-order valence-corrected chi connectivity index (χ3v) is 3.84. The van der Waals surface area contributed by atoms with E-state index in [1.807, 2.05) is 0 Å². The molecule has 1 heterocycles. The topological polar surface area (TPSA) is 90.9 Å². The van der Waals surface area contributed by atoms with Crippen molar-refractivity contribution in [2.75, 3.05) is 5.73 Å². The standard InChI is InChI=1S/C11H10F4N4O2S/c1-5-3-6(2)8(22(15,20)21)4-7(5)19-10(16)17-9(18-19)11(12,13)14/h3-4H,1-2H3,(H2,16,17,18). The van der Waals surface area contributed by atoms with Crippen LogP contribution in [0.2, 0.25) is 0 Å². The number of hydrogen-bond acceptors (Lipinski definition) is 5. The van der Waals surface area contributed by atoms with Crippen molar-refractivity contribution in [2.45, 2.75) is 24.9 Å². The van der Waals surface area contributed by atoms with Crippen LogP contribution in [0.1, 0.15) is 17.0 Å². The lowest BCUT2D eigenvalue weighted by molar-refractivity contribution is -0.144. The zero-order chi connectivity index (χ0) is 16.9. The molecule has 22 heavy (non-hydrogen) atoms. The molecule has 0 fully saturated rings. The monoisotopic (exact) mass is 338 g/mol. The lowest BCUT2D eigenvalue weighted by Gasteiger charge is -2.10. The van der Waals surface area contributed by atoms with Crippen molar-refractivity contribution in [3.05, 3.63) is 29.1 Å². The summed E-state index contributed by atoms with van der Waals surface area (Å²) in [6, 6.07) is 2.17. The SMILES string of the molecule is Cc1cc(C)c(S(=O)(=O)F)cc1-n1nc(C(F)(F)F)nc1N. The molecule has 11 heteroatoms. The molecule has 1 aromatic carbocycles. The highest BCUT2D eigenvalue weighted by Crippen LogP contribution is 2.30. The van der Waals surface area contributed by atoms with Crippen LogP contribution in [0.25, 0.3) is 5.69 Å². The number of aryl methyl sites for hydroxylation is 2. The summed E-state index contributed by atoms with van der Waals surface area (Å²) in [5.74, 6) is -2.07. The number of hydrogen-bond donors (Lipinski definition) is 1. The molecule has 0 amide bonds. The second-order valence-electron chi connectivity index (χ2n) is 4.55. The van der Waals surface area contributed by atoms with Gasteiger partial charge in [0.15, 0.2) is 0 Å². The van der Waals surface area contributed by atoms with Gasteiger partial charge in [-0.25, -0.2) is 0 Å². The Morgan fingerprint density at radius 2 is 1.77 bits per heavy atom. The van der Waals surface area contributed by atoms with E-state index in [-0.39, 0.29) is 11.3 Å². The number of nitrogens with zero attached hydrogens (tertiary/aromatic N) is 3. The van der Waals surface area contributed by atoms with Crippen LogP contribution in [0.5, 0.6) is 0 Å². The average Bonchev–Trinajstić information content (AvgIpc) is 2.69. The van der Waals surface area contributed by atoms with Crippen LogP contribution in [-0.4, -0.2) is 23.2 Å². The number of nitrogens with two attached hydrogens (primary N) is 1. The summed E-state index contributed by atoms with van der Waals surface area (Å²) in [5, 5.41) is 3.20. The molecule has 0 aliphatic rings. The molecule has 6 nitrogen and oxygen atoms in total. The lowest BCUT2D eigenvalue weighted by Crippen LogP contribution is -2.10. The quantitative estimate of drug-likeness (QED) is 0.669. The average molecular weight is 338 g/mol. The van der Waals surface area contributed by atoms with Crippen LogP contribution in [0.15, 0.2) is 17.0 Å². The number of nitrogen functional groups attached to an aromatic ring is 1. The normalized spacial score (nSPS) is 12.6. The van der Waals surface area contributed by atoms with E-state index in [1.165, 1.54) is 19.9 Å². The van der Waals surface area contributed by atoms with Gasteiger partial charge in [-0.15, -0.1) is 8.98 Å². The number of anilines is 1. The molecule has 0 saturated carbocycles. The molecule has 120 valence electrons. The molecule has 2 rings (SSSR count). The first-order valence-corrected chi connectivity index (χ1v) is 7.15. The Morgan fingerprint density at radius 1 is 1.18 bits per heavy atom. The third kappa shape index (κ3) is 2.89. The second-order valence-corrected chi connectivity index (χ2v) is 5.86. The zero-order valence-corrected chi connectivity index (χ0v) is 12.1. The molecule has 2 aromatic rings. The summed E-state index contributed by atoms with van der Waals surface area (Å²) in [5.41, 5.74) is 5.74. The Labute approximate surface area is 122 Å². The highest BCUT2D eigenvalue weighted by atomic mass is 32.3. The molecule has 0 bridgehead atoms. The number of rotatable bonds is 2.